The molecule has 0 radical (unpaired) electrons. The van der Waals surface area contributed by atoms with Gasteiger partial charge < -0.3 is 14.9 Å². The fourth-order valence-electron chi connectivity index (χ4n) is 1.56. The van der Waals surface area contributed by atoms with Gasteiger partial charge in [0, 0.05) is 6.20 Å². The minimum Gasteiger partial charge on any atom is -0.497 e. The van der Waals surface area contributed by atoms with Gasteiger partial charge in [-0.15, -0.1) is 0 Å². The fraction of sp³-hybridized carbons (Fsp3) is 0.0833. The van der Waals surface area contributed by atoms with E-state index in [9.17, 15) is 9.59 Å². The molecule has 2 rings (SSSR count). The lowest BCUT2D eigenvalue weighted by atomic mass is 10.2. The number of ether oxygens (including phenoxy) is 1. The largest absolute Gasteiger partial charge is 0.497 e. The normalized spacial score (nSPS) is 10.2. The summed E-state index contributed by atoms with van der Waals surface area (Å²) >= 11 is 0. The molecule has 1 aromatic heterocycles. The number of carboxylic acids is 2. The van der Waals surface area contributed by atoms with E-state index in [4.69, 9.17) is 14.9 Å². The highest BCUT2D eigenvalue weighted by atomic mass is 16.5. The molecule has 0 atom stereocenters. The van der Waals surface area contributed by atoms with Crippen molar-refractivity contribution in [3.05, 3.63) is 41.7 Å². The highest BCUT2D eigenvalue weighted by molar-refractivity contribution is 6.00. The van der Waals surface area contributed by atoms with Crippen molar-refractivity contribution >= 4 is 11.9 Å². The summed E-state index contributed by atoms with van der Waals surface area (Å²) in [7, 11) is 1.52. The van der Waals surface area contributed by atoms with Crippen LogP contribution in [-0.4, -0.2) is 39.0 Å². The van der Waals surface area contributed by atoms with Crippen LogP contribution in [0.15, 0.2) is 30.5 Å². The summed E-state index contributed by atoms with van der Waals surface area (Å²) in [5, 5.41) is 21.6. The van der Waals surface area contributed by atoms with E-state index in [1.807, 2.05) is 0 Å². The number of nitrogens with zero attached hydrogens (tertiary/aromatic N) is 2. The molecule has 7 nitrogen and oxygen atoms in total. The summed E-state index contributed by atoms with van der Waals surface area (Å²) in [6.45, 7) is 0. The lowest BCUT2D eigenvalue weighted by molar-refractivity contribution is 0.0648. The molecule has 0 aliphatic rings. The first kappa shape index (κ1) is 12.6. The molecule has 1 heterocycles. The minimum absolute atomic E-state index is 0.358. The van der Waals surface area contributed by atoms with Gasteiger partial charge in [-0.2, -0.15) is 5.10 Å². The molecular formula is C12H10N2O5. The Morgan fingerprint density at radius 2 is 1.79 bits per heavy atom. The SMILES string of the molecule is COc1ccc(-n2cc(C(=O)O)c(C(=O)O)n2)cc1. The average Bonchev–Trinajstić information content (AvgIpc) is 2.84. The van der Waals surface area contributed by atoms with E-state index >= 15 is 0 Å². The Kier molecular flexibility index (Phi) is 3.19. The van der Waals surface area contributed by atoms with Crippen LogP contribution < -0.4 is 4.74 Å². The summed E-state index contributed by atoms with van der Waals surface area (Å²) in [5.41, 5.74) is -0.317. The Morgan fingerprint density at radius 3 is 2.21 bits per heavy atom. The Balaban J connectivity index is 2.47. The molecule has 0 unspecified atom stereocenters. The van der Waals surface area contributed by atoms with Gasteiger partial charge in [-0.3, -0.25) is 0 Å². The average molecular weight is 262 g/mol. The smallest absolute Gasteiger partial charge is 0.357 e. The van der Waals surface area contributed by atoms with Gasteiger partial charge in [-0.25, -0.2) is 14.3 Å². The van der Waals surface area contributed by atoms with Crippen LogP contribution in [0.25, 0.3) is 5.69 Å². The van der Waals surface area contributed by atoms with Gasteiger partial charge in [-0.1, -0.05) is 0 Å². The van der Waals surface area contributed by atoms with Crippen molar-refractivity contribution in [1.82, 2.24) is 9.78 Å². The van der Waals surface area contributed by atoms with Crippen LogP contribution in [0.1, 0.15) is 20.8 Å². The van der Waals surface area contributed by atoms with Gasteiger partial charge in [0.1, 0.15) is 11.3 Å². The monoisotopic (exact) mass is 262 g/mol. The van der Waals surface area contributed by atoms with Crippen LogP contribution in [0.5, 0.6) is 5.75 Å². The molecule has 0 aliphatic heterocycles. The first-order valence-corrected chi connectivity index (χ1v) is 5.23. The number of aromatic nitrogens is 2. The Hall–Kier alpha value is -2.83. The second-order valence-electron chi connectivity index (χ2n) is 3.64. The lowest BCUT2D eigenvalue weighted by Gasteiger charge is -2.02. The zero-order valence-electron chi connectivity index (χ0n) is 9.90. The van der Waals surface area contributed by atoms with Crippen LogP contribution in [0.4, 0.5) is 0 Å². The van der Waals surface area contributed by atoms with Gasteiger partial charge in [0.25, 0.3) is 0 Å². The molecular weight excluding hydrogens is 252 g/mol. The van der Waals surface area contributed by atoms with E-state index in [-0.39, 0.29) is 5.56 Å². The van der Waals surface area contributed by atoms with E-state index in [2.05, 4.69) is 5.10 Å². The summed E-state index contributed by atoms with van der Waals surface area (Å²) in [4.78, 5) is 21.8. The number of hydrogen-bond donors (Lipinski definition) is 2. The number of carbonyl (C=O) groups is 2. The summed E-state index contributed by atoms with van der Waals surface area (Å²) in [5.74, 6) is -2.09. The molecule has 0 saturated carbocycles. The summed E-state index contributed by atoms with van der Waals surface area (Å²) < 4.78 is 6.19. The topological polar surface area (TPSA) is 102 Å². The highest BCUT2D eigenvalue weighted by Crippen LogP contribution is 2.16. The highest BCUT2D eigenvalue weighted by Gasteiger charge is 2.21. The second-order valence-corrected chi connectivity index (χ2v) is 3.64. The number of methoxy groups -OCH3 is 1. The molecule has 0 aliphatic carbocycles. The van der Waals surface area contributed by atoms with Gasteiger partial charge in [0.15, 0.2) is 5.69 Å². The predicted molar refractivity (Wildman–Crippen MR) is 64.0 cm³/mol. The number of rotatable bonds is 4. The van der Waals surface area contributed by atoms with E-state index in [1.165, 1.54) is 11.8 Å². The van der Waals surface area contributed by atoms with E-state index in [0.29, 0.717) is 11.4 Å². The van der Waals surface area contributed by atoms with Crippen LogP contribution in [-0.2, 0) is 0 Å². The molecule has 2 N–H and O–H groups in total. The van der Waals surface area contributed by atoms with Crippen LogP contribution in [0.2, 0.25) is 0 Å². The molecule has 0 fully saturated rings. The first-order valence-electron chi connectivity index (χ1n) is 5.23. The standard InChI is InChI=1S/C12H10N2O5/c1-19-8-4-2-7(3-5-8)14-6-9(11(15)16)10(13-14)12(17)18/h2-6H,1H3,(H,15,16)(H,17,18). The Labute approximate surface area is 107 Å². The third kappa shape index (κ3) is 2.39. The maximum Gasteiger partial charge on any atom is 0.357 e. The molecule has 0 bridgehead atoms. The zero-order valence-corrected chi connectivity index (χ0v) is 9.90. The van der Waals surface area contributed by atoms with Crippen molar-refractivity contribution in [2.75, 3.05) is 7.11 Å². The van der Waals surface area contributed by atoms with Crippen LogP contribution >= 0.6 is 0 Å². The molecule has 0 saturated heterocycles. The first-order chi connectivity index (χ1) is 9.02. The quantitative estimate of drug-likeness (QED) is 0.860. The molecule has 1 aromatic carbocycles. The summed E-state index contributed by atoms with van der Waals surface area (Å²) in [6.07, 6.45) is 1.16. The number of carboxylic acid groups (broad SMARTS) is 2. The van der Waals surface area contributed by atoms with Crippen molar-refractivity contribution in [2.24, 2.45) is 0 Å². The molecule has 98 valence electrons. The van der Waals surface area contributed by atoms with Gasteiger partial charge in [0.2, 0.25) is 0 Å². The molecule has 2 aromatic rings. The Morgan fingerprint density at radius 1 is 1.16 bits per heavy atom. The molecule has 0 amide bonds. The second kappa shape index (κ2) is 4.81. The molecule has 0 spiro atoms. The van der Waals surface area contributed by atoms with Crippen molar-refractivity contribution in [1.29, 1.82) is 0 Å². The fourth-order valence-corrected chi connectivity index (χ4v) is 1.56. The minimum atomic E-state index is -1.38. The van der Waals surface area contributed by atoms with E-state index < -0.39 is 17.6 Å². The van der Waals surface area contributed by atoms with E-state index in [1.54, 1.807) is 24.3 Å². The van der Waals surface area contributed by atoms with Crippen LogP contribution in [0, 0.1) is 0 Å². The lowest BCUT2D eigenvalue weighted by Crippen LogP contribution is -2.06. The van der Waals surface area contributed by atoms with E-state index in [0.717, 1.165) is 6.20 Å². The van der Waals surface area contributed by atoms with Crippen molar-refractivity contribution in [3.63, 3.8) is 0 Å². The number of aromatic carboxylic acids is 2. The summed E-state index contributed by atoms with van der Waals surface area (Å²) in [6, 6.07) is 6.61. The zero-order chi connectivity index (χ0) is 14.0. The number of benzene rings is 1. The Bertz CT molecular complexity index is 599. The third-order valence-electron chi connectivity index (χ3n) is 2.48. The molecule has 7 heteroatoms. The van der Waals surface area contributed by atoms with Gasteiger partial charge >= 0.3 is 11.9 Å². The van der Waals surface area contributed by atoms with Crippen molar-refractivity contribution in [3.8, 4) is 11.4 Å². The third-order valence-corrected chi connectivity index (χ3v) is 2.48. The molecule has 19 heavy (non-hydrogen) atoms. The maximum atomic E-state index is 10.9. The van der Waals surface area contributed by atoms with Gasteiger partial charge in [0.05, 0.1) is 12.8 Å². The maximum absolute atomic E-state index is 10.9. The number of hydrogen-bond acceptors (Lipinski definition) is 4. The van der Waals surface area contributed by atoms with Crippen molar-refractivity contribution in [2.45, 2.75) is 0 Å². The predicted octanol–water partition coefficient (Wildman–Crippen LogP) is 1.28. The van der Waals surface area contributed by atoms with Crippen molar-refractivity contribution < 1.29 is 24.5 Å². The van der Waals surface area contributed by atoms with Gasteiger partial charge in [-0.05, 0) is 24.3 Å². The van der Waals surface area contributed by atoms with Crippen LogP contribution in [0.3, 0.4) is 0 Å².